The van der Waals surface area contributed by atoms with Crippen molar-refractivity contribution in [3.05, 3.63) is 52.2 Å². The maximum Gasteiger partial charge on any atom is 0.252 e. The zero-order valence-corrected chi connectivity index (χ0v) is 14.6. The summed E-state index contributed by atoms with van der Waals surface area (Å²) in [5.41, 5.74) is -0.396. The van der Waals surface area contributed by atoms with Gasteiger partial charge in [0, 0.05) is 15.0 Å². The fourth-order valence-corrected chi connectivity index (χ4v) is 3.77. The lowest BCUT2D eigenvalue weighted by Gasteiger charge is -2.22. The summed E-state index contributed by atoms with van der Waals surface area (Å²) in [6.07, 6.45) is 0. The van der Waals surface area contributed by atoms with Gasteiger partial charge in [-0.1, -0.05) is 32.0 Å². The Balaban J connectivity index is 2.07. The number of carbonyl (C=O) groups excluding carboxylic acids is 1. The topological polar surface area (TPSA) is 49.3 Å². The number of nitrogens with one attached hydrogen (secondary N) is 1. The molecule has 0 radical (unpaired) electrons. The first-order valence-electron chi connectivity index (χ1n) is 7.20. The van der Waals surface area contributed by atoms with E-state index >= 15 is 0 Å². The van der Waals surface area contributed by atoms with Crippen LogP contribution in [0.1, 0.15) is 36.0 Å². The summed E-state index contributed by atoms with van der Waals surface area (Å²) < 4.78 is 0. The molecule has 5 heteroatoms. The van der Waals surface area contributed by atoms with Crippen molar-refractivity contribution in [2.45, 2.75) is 36.5 Å². The third-order valence-electron chi connectivity index (χ3n) is 3.14. The number of benzene rings is 1. The van der Waals surface area contributed by atoms with E-state index in [1.807, 2.05) is 41.8 Å². The van der Waals surface area contributed by atoms with Gasteiger partial charge in [0.15, 0.2) is 0 Å². The molecule has 2 rings (SSSR count). The number of hydrogen-bond acceptors (Lipinski definition) is 4. The largest absolute Gasteiger partial charge is 0.383 e. The molecular weight excluding hydrogens is 314 g/mol. The first kappa shape index (κ1) is 17.1. The third kappa shape index (κ3) is 4.35. The summed E-state index contributed by atoms with van der Waals surface area (Å²) in [5.74, 6) is -0.152. The van der Waals surface area contributed by atoms with E-state index in [4.69, 9.17) is 0 Å². The van der Waals surface area contributed by atoms with Crippen LogP contribution in [0, 0.1) is 0 Å². The van der Waals surface area contributed by atoms with Gasteiger partial charge < -0.3 is 10.4 Å². The second-order valence-electron chi connectivity index (χ2n) is 5.60. The van der Waals surface area contributed by atoms with E-state index in [9.17, 15) is 9.90 Å². The van der Waals surface area contributed by atoms with Gasteiger partial charge in [-0.15, -0.1) is 23.1 Å². The van der Waals surface area contributed by atoms with Crippen LogP contribution < -0.4 is 5.32 Å². The average Bonchev–Trinajstić information content (AvgIpc) is 3.00. The van der Waals surface area contributed by atoms with Gasteiger partial charge in [-0.05, 0) is 30.5 Å². The van der Waals surface area contributed by atoms with E-state index in [0.29, 0.717) is 10.8 Å². The molecule has 2 N–H and O–H groups in total. The molecule has 0 saturated carbocycles. The van der Waals surface area contributed by atoms with Crippen LogP contribution in [-0.2, 0) is 5.60 Å². The van der Waals surface area contributed by atoms with E-state index < -0.39 is 5.60 Å². The summed E-state index contributed by atoms with van der Waals surface area (Å²) in [4.78, 5) is 14.2. The minimum Gasteiger partial charge on any atom is -0.383 e. The van der Waals surface area contributed by atoms with Crippen LogP contribution in [0.15, 0.2) is 46.7 Å². The Labute approximate surface area is 139 Å². The Morgan fingerprint density at radius 1 is 1.32 bits per heavy atom. The molecule has 22 heavy (non-hydrogen) atoms. The molecule has 0 aliphatic carbocycles. The molecule has 118 valence electrons. The van der Waals surface area contributed by atoms with Crippen molar-refractivity contribution in [1.29, 1.82) is 0 Å². The molecular formula is C17H21NO2S2. The lowest BCUT2D eigenvalue weighted by Crippen LogP contribution is -2.38. The molecule has 3 nitrogen and oxygen atoms in total. The fourth-order valence-electron chi connectivity index (χ4n) is 2.03. The zero-order valence-electron chi connectivity index (χ0n) is 13.0. The minimum absolute atomic E-state index is 0.152. The summed E-state index contributed by atoms with van der Waals surface area (Å²) in [7, 11) is 0. The Bertz CT molecular complexity index is 621. The summed E-state index contributed by atoms with van der Waals surface area (Å²) in [6, 6.07) is 11.3. The Hall–Kier alpha value is -1.30. The van der Waals surface area contributed by atoms with Crippen molar-refractivity contribution < 1.29 is 9.90 Å². The molecule has 1 atom stereocenters. The standard InChI is InChI=1S/C17H21NO2S2/c1-12(2)22-14-8-5-4-7-13(14)16(19)18-11-17(3,20)15-9-6-10-21-15/h4-10,12,20H,11H2,1-3H3,(H,18,19). The Morgan fingerprint density at radius 3 is 2.68 bits per heavy atom. The quantitative estimate of drug-likeness (QED) is 0.788. The van der Waals surface area contributed by atoms with Crippen molar-refractivity contribution >= 4 is 29.0 Å². The van der Waals surface area contributed by atoms with Crippen molar-refractivity contribution in [1.82, 2.24) is 5.32 Å². The molecule has 0 aliphatic heterocycles. The molecule has 0 fully saturated rings. The van der Waals surface area contributed by atoms with Crippen molar-refractivity contribution in [3.8, 4) is 0 Å². The number of thiophene rings is 1. The fraction of sp³-hybridized carbons (Fsp3) is 0.353. The van der Waals surface area contributed by atoms with Crippen LogP contribution in [0.25, 0.3) is 0 Å². The van der Waals surface area contributed by atoms with Crippen molar-refractivity contribution in [2.75, 3.05) is 6.54 Å². The summed E-state index contributed by atoms with van der Waals surface area (Å²) in [5, 5.41) is 15.6. The number of thioether (sulfide) groups is 1. The highest BCUT2D eigenvalue weighted by atomic mass is 32.2. The number of aliphatic hydroxyl groups is 1. The van der Waals surface area contributed by atoms with Gasteiger partial charge in [0.2, 0.25) is 0 Å². The molecule has 0 saturated heterocycles. The highest BCUT2D eigenvalue weighted by Crippen LogP contribution is 2.27. The van der Waals surface area contributed by atoms with Gasteiger partial charge in [-0.3, -0.25) is 4.79 Å². The number of amides is 1. The van der Waals surface area contributed by atoms with E-state index in [1.54, 1.807) is 18.7 Å². The minimum atomic E-state index is -1.05. The van der Waals surface area contributed by atoms with Crippen LogP contribution in [0.4, 0.5) is 0 Å². The predicted octanol–water partition coefficient (Wildman–Crippen LogP) is 3.89. The lowest BCUT2D eigenvalue weighted by molar-refractivity contribution is 0.0556. The SMILES string of the molecule is CC(C)Sc1ccccc1C(=O)NCC(C)(O)c1cccs1. The highest BCUT2D eigenvalue weighted by Gasteiger charge is 2.25. The van der Waals surface area contributed by atoms with E-state index in [0.717, 1.165) is 9.77 Å². The normalized spacial score (nSPS) is 13.9. The molecule has 1 unspecified atom stereocenters. The van der Waals surface area contributed by atoms with Crippen LogP contribution in [0.3, 0.4) is 0 Å². The molecule has 1 aromatic heterocycles. The van der Waals surface area contributed by atoms with Crippen LogP contribution in [-0.4, -0.2) is 22.8 Å². The first-order chi connectivity index (χ1) is 10.4. The van der Waals surface area contributed by atoms with Gasteiger partial charge in [0.25, 0.3) is 5.91 Å². The average molecular weight is 335 g/mol. The van der Waals surface area contributed by atoms with Gasteiger partial charge in [-0.25, -0.2) is 0 Å². The second-order valence-corrected chi connectivity index (χ2v) is 8.16. The maximum absolute atomic E-state index is 12.4. The van der Waals surface area contributed by atoms with Gasteiger partial charge >= 0.3 is 0 Å². The molecule has 0 aliphatic rings. The van der Waals surface area contributed by atoms with Gasteiger partial charge in [0.1, 0.15) is 5.60 Å². The monoisotopic (exact) mass is 335 g/mol. The third-order valence-corrected chi connectivity index (χ3v) is 5.34. The zero-order chi connectivity index (χ0) is 16.2. The summed E-state index contributed by atoms with van der Waals surface area (Å²) >= 11 is 3.15. The van der Waals surface area contributed by atoms with E-state index in [-0.39, 0.29) is 12.5 Å². The van der Waals surface area contributed by atoms with Crippen molar-refractivity contribution in [3.63, 3.8) is 0 Å². The second kappa shape index (κ2) is 7.31. The van der Waals surface area contributed by atoms with Crippen LogP contribution >= 0.6 is 23.1 Å². The highest BCUT2D eigenvalue weighted by molar-refractivity contribution is 8.00. The van der Waals surface area contributed by atoms with Crippen molar-refractivity contribution in [2.24, 2.45) is 0 Å². The lowest BCUT2D eigenvalue weighted by atomic mass is 10.1. The van der Waals surface area contributed by atoms with Crippen LogP contribution in [0.5, 0.6) is 0 Å². The maximum atomic E-state index is 12.4. The first-order valence-corrected chi connectivity index (χ1v) is 8.96. The van der Waals surface area contributed by atoms with Gasteiger partial charge in [-0.2, -0.15) is 0 Å². The predicted molar refractivity (Wildman–Crippen MR) is 93.7 cm³/mol. The number of hydrogen-bond donors (Lipinski definition) is 2. The Kier molecular flexibility index (Phi) is 5.67. The van der Waals surface area contributed by atoms with Crippen LogP contribution in [0.2, 0.25) is 0 Å². The van der Waals surface area contributed by atoms with Gasteiger partial charge in [0.05, 0.1) is 12.1 Å². The molecule has 1 heterocycles. The number of rotatable bonds is 6. The summed E-state index contributed by atoms with van der Waals surface area (Å²) in [6.45, 7) is 6.10. The van der Waals surface area contributed by atoms with E-state index in [1.165, 1.54) is 11.3 Å². The molecule has 1 amide bonds. The Morgan fingerprint density at radius 2 is 2.05 bits per heavy atom. The number of carbonyl (C=O) groups is 1. The molecule has 2 aromatic rings. The molecule has 1 aromatic carbocycles. The smallest absolute Gasteiger partial charge is 0.252 e. The molecule has 0 spiro atoms. The molecule has 0 bridgehead atoms. The van der Waals surface area contributed by atoms with E-state index in [2.05, 4.69) is 19.2 Å².